The number of hydrogen-bond acceptors (Lipinski definition) is 4. The van der Waals surface area contributed by atoms with Crippen LogP contribution < -0.4 is 0 Å². The molecule has 1 unspecified atom stereocenters. The molecule has 0 N–H and O–H groups in total. The van der Waals surface area contributed by atoms with Crippen LogP contribution in [0.25, 0.3) is 0 Å². The van der Waals surface area contributed by atoms with Crippen molar-refractivity contribution in [2.75, 3.05) is 25.1 Å². The first-order valence-corrected chi connectivity index (χ1v) is 7.62. The second kappa shape index (κ2) is 4.75. The maximum absolute atomic E-state index is 6.27. The maximum Gasteiger partial charge on any atom is 0.148 e. The molecule has 1 aliphatic heterocycles. The first-order valence-electron chi connectivity index (χ1n) is 6.09. The summed E-state index contributed by atoms with van der Waals surface area (Å²) in [5, 5.41) is 0.687. The van der Waals surface area contributed by atoms with Gasteiger partial charge in [0.2, 0.25) is 0 Å². The smallest absolute Gasteiger partial charge is 0.148 e. The van der Waals surface area contributed by atoms with Gasteiger partial charge < -0.3 is 0 Å². The van der Waals surface area contributed by atoms with Crippen LogP contribution in [0, 0.1) is 0 Å². The minimum absolute atomic E-state index is 0.331. The Bertz CT molecular complexity index is 438. The van der Waals surface area contributed by atoms with E-state index in [-0.39, 0.29) is 0 Å². The molecular formula is C12H16ClN3S. The Balaban J connectivity index is 1.95. The number of aromatic nitrogens is 2. The van der Waals surface area contributed by atoms with Crippen molar-refractivity contribution in [1.29, 1.82) is 0 Å². The molecule has 0 aromatic carbocycles. The summed E-state index contributed by atoms with van der Waals surface area (Å²) in [5.74, 6) is 3.20. The second-order valence-electron chi connectivity index (χ2n) is 4.72. The summed E-state index contributed by atoms with van der Waals surface area (Å²) in [6.45, 7) is 1.10. The summed E-state index contributed by atoms with van der Waals surface area (Å²) in [6, 6.07) is 0.331. The lowest BCUT2D eigenvalue weighted by Gasteiger charge is -2.31. The number of thioether (sulfide) groups is 1. The van der Waals surface area contributed by atoms with E-state index in [1.807, 2.05) is 11.8 Å². The average Bonchev–Trinajstić information content (AvgIpc) is 2.78. The molecule has 17 heavy (non-hydrogen) atoms. The van der Waals surface area contributed by atoms with Gasteiger partial charge in [0, 0.05) is 29.3 Å². The standard InChI is InChI=1S/C12H16ClN3S/c1-16-5-6-17-7-10(16)12-14-9-4-2-3-8(9)11(13)15-12/h10H,2-7H2,1H3. The quantitative estimate of drug-likeness (QED) is 0.732. The minimum atomic E-state index is 0.331. The van der Waals surface area contributed by atoms with Gasteiger partial charge in [-0.25, -0.2) is 9.97 Å². The van der Waals surface area contributed by atoms with Crippen LogP contribution in [0.2, 0.25) is 5.15 Å². The lowest BCUT2D eigenvalue weighted by Crippen LogP contribution is -2.34. The third kappa shape index (κ3) is 2.18. The van der Waals surface area contributed by atoms with Gasteiger partial charge in [-0.2, -0.15) is 11.8 Å². The van der Waals surface area contributed by atoms with Crippen LogP contribution in [0.3, 0.4) is 0 Å². The molecule has 1 aliphatic carbocycles. The molecule has 5 heteroatoms. The van der Waals surface area contributed by atoms with Crippen LogP contribution in [0.4, 0.5) is 0 Å². The molecular weight excluding hydrogens is 254 g/mol. The average molecular weight is 270 g/mol. The van der Waals surface area contributed by atoms with Crippen molar-refractivity contribution < 1.29 is 0 Å². The van der Waals surface area contributed by atoms with Crippen molar-refractivity contribution in [3.8, 4) is 0 Å². The molecule has 92 valence electrons. The normalized spacial score (nSPS) is 24.9. The molecule has 1 fully saturated rings. The van der Waals surface area contributed by atoms with Crippen LogP contribution in [0.15, 0.2) is 0 Å². The summed E-state index contributed by atoms with van der Waals surface area (Å²) >= 11 is 8.24. The van der Waals surface area contributed by atoms with Crippen LogP contribution in [-0.2, 0) is 12.8 Å². The van der Waals surface area contributed by atoms with E-state index in [0.717, 1.165) is 31.0 Å². The number of halogens is 1. The fourth-order valence-electron chi connectivity index (χ4n) is 2.51. The molecule has 0 amide bonds. The van der Waals surface area contributed by atoms with Gasteiger partial charge in [0.05, 0.1) is 6.04 Å². The molecule has 0 saturated carbocycles. The van der Waals surface area contributed by atoms with Gasteiger partial charge in [-0.05, 0) is 26.3 Å². The lowest BCUT2D eigenvalue weighted by molar-refractivity contribution is 0.264. The van der Waals surface area contributed by atoms with Gasteiger partial charge in [0.15, 0.2) is 0 Å². The molecule has 2 aliphatic rings. The van der Waals surface area contributed by atoms with E-state index in [1.165, 1.54) is 23.4 Å². The Morgan fingerprint density at radius 3 is 3.06 bits per heavy atom. The van der Waals surface area contributed by atoms with Crippen molar-refractivity contribution in [2.24, 2.45) is 0 Å². The Morgan fingerprint density at radius 2 is 2.24 bits per heavy atom. The third-order valence-electron chi connectivity index (χ3n) is 3.59. The molecule has 1 atom stereocenters. The van der Waals surface area contributed by atoms with Crippen molar-refractivity contribution in [3.05, 3.63) is 22.2 Å². The molecule has 1 saturated heterocycles. The highest BCUT2D eigenvalue weighted by Crippen LogP contribution is 2.31. The SMILES string of the molecule is CN1CCSCC1c1nc(Cl)c2c(n1)CCC2. The fourth-order valence-corrected chi connectivity index (χ4v) is 4.01. The van der Waals surface area contributed by atoms with E-state index in [9.17, 15) is 0 Å². The van der Waals surface area contributed by atoms with Crippen LogP contribution in [0.1, 0.15) is 29.5 Å². The van der Waals surface area contributed by atoms with E-state index in [0.29, 0.717) is 11.2 Å². The number of aryl methyl sites for hydroxylation is 1. The van der Waals surface area contributed by atoms with Gasteiger partial charge >= 0.3 is 0 Å². The zero-order valence-corrected chi connectivity index (χ0v) is 11.5. The van der Waals surface area contributed by atoms with Gasteiger partial charge in [-0.3, -0.25) is 4.90 Å². The van der Waals surface area contributed by atoms with Crippen molar-refractivity contribution in [1.82, 2.24) is 14.9 Å². The van der Waals surface area contributed by atoms with E-state index in [1.54, 1.807) is 0 Å². The summed E-state index contributed by atoms with van der Waals surface area (Å²) in [6.07, 6.45) is 3.28. The van der Waals surface area contributed by atoms with Gasteiger partial charge in [-0.15, -0.1) is 0 Å². The Kier molecular flexibility index (Phi) is 3.28. The van der Waals surface area contributed by atoms with Gasteiger partial charge in [-0.1, -0.05) is 11.6 Å². The number of rotatable bonds is 1. The third-order valence-corrected chi connectivity index (χ3v) is 4.93. The van der Waals surface area contributed by atoms with Crippen molar-refractivity contribution in [3.63, 3.8) is 0 Å². The van der Waals surface area contributed by atoms with Crippen LogP contribution in [0.5, 0.6) is 0 Å². The van der Waals surface area contributed by atoms with Crippen LogP contribution in [-0.4, -0.2) is 40.0 Å². The minimum Gasteiger partial charge on any atom is -0.295 e. The summed E-state index contributed by atoms with van der Waals surface area (Å²) < 4.78 is 0. The Labute approximate surface area is 111 Å². The molecule has 0 bridgehead atoms. The Morgan fingerprint density at radius 1 is 1.35 bits per heavy atom. The molecule has 2 heterocycles. The first-order chi connectivity index (χ1) is 8.25. The van der Waals surface area contributed by atoms with E-state index in [2.05, 4.69) is 16.9 Å². The van der Waals surface area contributed by atoms with Gasteiger partial charge in [0.25, 0.3) is 0 Å². The fraction of sp³-hybridized carbons (Fsp3) is 0.667. The highest BCUT2D eigenvalue weighted by Gasteiger charge is 2.26. The molecule has 3 rings (SSSR count). The lowest BCUT2D eigenvalue weighted by atomic mass is 10.2. The monoisotopic (exact) mass is 269 g/mol. The highest BCUT2D eigenvalue weighted by molar-refractivity contribution is 7.99. The van der Waals surface area contributed by atoms with Gasteiger partial charge in [0.1, 0.15) is 11.0 Å². The van der Waals surface area contributed by atoms with Crippen molar-refractivity contribution in [2.45, 2.75) is 25.3 Å². The molecule has 1 aromatic rings. The van der Waals surface area contributed by atoms with Crippen molar-refractivity contribution >= 4 is 23.4 Å². The number of fused-ring (bicyclic) bond motifs is 1. The van der Waals surface area contributed by atoms with Crippen LogP contribution >= 0.6 is 23.4 Å². The summed E-state index contributed by atoms with van der Waals surface area (Å²) in [5.41, 5.74) is 2.37. The Hall–Kier alpha value is -0.320. The van der Waals surface area contributed by atoms with E-state index >= 15 is 0 Å². The number of hydrogen-bond donors (Lipinski definition) is 0. The summed E-state index contributed by atoms with van der Waals surface area (Å²) in [4.78, 5) is 11.6. The number of nitrogens with zero attached hydrogens (tertiary/aromatic N) is 3. The zero-order chi connectivity index (χ0) is 11.8. The predicted octanol–water partition coefficient (Wildman–Crippen LogP) is 2.34. The molecule has 0 spiro atoms. The molecule has 1 aromatic heterocycles. The molecule has 0 radical (unpaired) electrons. The summed E-state index contributed by atoms with van der Waals surface area (Å²) in [7, 11) is 2.15. The predicted molar refractivity (Wildman–Crippen MR) is 71.8 cm³/mol. The van der Waals surface area contributed by atoms with E-state index in [4.69, 9.17) is 16.6 Å². The van der Waals surface area contributed by atoms with E-state index < -0.39 is 0 Å². The molecule has 3 nitrogen and oxygen atoms in total. The zero-order valence-electron chi connectivity index (χ0n) is 9.95. The highest BCUT2D eigenvalue weighted by atomic mass is 35.5. The first kappa shape index (κ1) is 11.8. The second-order valence-corrected chi connectivity index (χ2v) is 6.23. The largest absolute Gasteiger partial charge is 0.295 e. The maximum atomic E-state index is 6.27. The topological polar surface area (TPSA) is 29.0 Å².